The Bertz CT molecular complexity index is 672. The molecule has 0 aromatic heterocycles. The third-order valence-corrected chi connectivity index (χ3v) is 4.17. The van der Waals surface area contributed by atoms with Crippen molar-refractivity contribution in [2.75, 3.05) is 16.8 Å². The number of nitrogens with zero attached hydrogens (tertiary/aromatic N) is 1. The van der Waals surface area contributed by atoms with E-state index in [9.17, 15) is 4.79 Å². The highest BCUT2D eigenvalue weighted by atomic mass is 16.6. The highest BCUT2D eigenvalue weighted by Gasteiger charge is 2.34. The van der Waals surface area contributed by atoms with Crippen LogP contribution in [0.4, 0.5) is 16.2 Å². The van der Waals surface area contributed by atoms with Crippen LogP contribution in [-0.2, 0) is 4.74 Å². The zero-order valence-electron chi connectivity index (χ0n) is 13.5. The van der Waals surface area contributed by atoms with E-state index in [1.807, 2.05) is 43.3 Å². The molecular weight excluding hydrogens is 288 g/mol. The van der Waals surface area contributed by atoms with Gasteiger partial charge in [-0.25, -0.2) is 4.79 Å². The third-order valence-electron chi connectivity index (χ3n) is 4.17. The first-order chi connectivity index (χ1) is 11.2. The van der Waals surface area contributed by atoms with Gasteiger partial charge in [0.2, 0.25) is 0 Å². The smallest absolute Gasteiger partial charge is 0.414 e. The SMILES string of the molecule is CCOC(=O)N1c2ccccc2C(Nc2ccccc2)CC1C. The molecule has 0 aliphatic carbocycles. The molecule has 0 spiro atoms. The number of carbonyl (C=O) groups excluding carboxylic acids is 1. The van der Waals surface area contributed by atoms with Gasteiger partial charge >= 0.3 is 6.09 Å². The highest BCUT2D eigenvalue weighted by Crippen LogP contribution is 2.39. The first kappa shape index (κ1) is 15.4. The topological polar surface area (TPSA) is 41.6 Å². The van der Waals surface area contributed by atoms with Crippen LogP contribution in [0, 0.1) is 0 Å². The first-order valence-corrected chi connectivity index (χ1v) is 8.07. The normalized spacial score (nSPS) is 19.8. The average molecular weight is 310 g/mol. The van der Waals surface area contributed by atoms with Crippen molar-refractivity contribution in [2.24, 2.45) is 0 Å². The lowest BCUT2D eigenvalue weighted by molar-refractivity contribution is 0.156. The number of nitrogens with one attached hydrogen (secondary N) is 1. The van der Waals surface area contributed by atoms with Gasteiger partial charge in [0, 0.05) is 11.7 Å². The minimum Gasteiger partial charge on any atom is -0.449 e. The molecule has 1 amide bonds. The number of para-hydroxylation sites is 2. The van der Waals surface area contributed by atoms with E-state index in [-0.39, 0.29) is 18.2 Å². The quantitative estimate of drug-likeness (QED) is 0.901. The second kappa shape index (κ2) is 6.73. The summed E-state index contributed by atoms with van der Waals surface area (Å²) in [4.78, 5) is 14.1. The Balaban J connectivity index is 1.92. The molecule has 4 heteroatoms. The Morgan fingerprint density at radius 2 is 1.87 bits per heavy atom. The van der Waals surface area contributed by atoms with Crippen molar-refractivity contribution >= 4 is 17.5 Å². The number of rotatable bonds is 3. The molecule has 0 saturated heterocycles. The van der Waals surface area contributed by atoms with Gasteiger partial charge < -0.3 is 10.1 Å². The Labute approximate surface area is 137 Å². The number of amides is 1. The van der Waals surface area contributed by atoms with E-state index in [0.29, 0.717) is 6.61 Å². The van der Waals surface area contributed by atoms with E-state index in [1.54, 1.807) is 4.90 Å². The summed E-state index contributed by atoms with van der Waals surface area (Å²) in [6.07, 6.45) is 0.565. The number of fused-ring (bicyclic) bond motifs is 1. The molecule has 2 unspecified atom stereocenters. The van der Waals surface area contributed by atoms with Crippen LogP contribution in [0.25, 0.3) is 0 Å². The second-order valence-corrected chi connectivity index (χ2v) is 5.78. The average Bonchev–Trinajstić information content (AvgIpc) is 2.56. The number of ether oxygens (including phenoxy) is 1. The van der Waals surface area contributed by atoms with E-state index >= 15 is 0 Å². The van der Waals surface area contributed by atoms with E-state index in [1.165, 1.54) is 0 Å². The summed E-state index contributed by atoms with van der Waals surface area (Å²) in [5.41, 5.74) is 3.14. The second-order valence-electron chi connectivity index (χ2n) is 5.78. The molecule has 2 aromatic rings. The largest absolute Gasteiger partial charge is 0.449 e. The van der Waals surface area contributed by atoms with Gasteiger partial charge in [-0.05, 0) is 44.0 Å². The number of anilines is 2. The van der Waals surface area contributed by atoms with E-state index in [2.05, 4.69) is 30.4 Å². The predicted molar refractivity (Wildman–Crippen MR) is 92.8 cm³/mol. The fraction of sp³-hybridized carbons (Fsp3) is 0.316. The van der Waals surface area contributed by atoms with Crippen LogP contribution in [0.5, 0.6) is 0 Å². The fourth-order valence-electron chi connectivity index (χ4n) is 3.16. The molecule has 2 aromatic carbocycles. The Kier molecular flexibility index (Phi) is 4.51. The van der Waals surface area contributed by atoms with Crippen molar-refractivity contribution < 1.29 is 9.53 Å². The van der Waals surface area contributed by atoms with Crippen LogP contribution in [0.2, 0.25) is 0 Å². The van der Waals surface area contributed by atoms with Crippen molar-refractivity contribution in [3.8, 4) is 0 Å². The van der Waals surface area contributed by atoms with Gasteiger partial charge in [0.25, 0.3) is 0 Å². The molecule has 1 aliphatic rings. The molecule has 0 fully saturated rings. The maximum atomic E-state index is 12.3. The number of hydrogen-bond donors (Lipinski definition) is 1. The van der Waals surface area contributed by atoms with Gasteiger partial charge in [-0.15, -0.1) is 0 Å². The summed E-state index contributed by atoms with van der Waals surface area (Å²) in [7, 11) is 0. The molecular formula is C19H22N2O2. The van der Waals surface area contributed by atoms with Crippen molar-refractivity contribution in [3.05, 3.63) is 60.2 Å². The molecule has 23 heavy (non-hydrogen) atoms. The summed E-state index contributed by atoms with van der Waals surface area (Å²) in [5, 5.41) is 3.58. The predicted octanol–water partition coefficient (Wildman–Crippen LogP) is 4.59. The van der Waals surface area contributed by atoms with Crippen LogP contribution in [-0.4, -0.2) is 18.7 Å². The molecule has 1 N–H and O–H groups in total. The molecule has 120 valence electrons. The summed E-state index contributed by atoms with van der Waals surface area (Å²) in [6, 6.07) is 18.5. The standard InChI is InChI=1S/C19H22N2O2/c1-3-23-19(22)21-14(2)13-17(16-11-7-8-12-18(16)21)20-15-9-5-4-6-10-15/h4-12,14,17,20H,3,13H2,1-2H3. The molecule has 3 rings (SSSR count). The maximum absolute atomic E-state index is 12.3. The first-order valence-electron chi connectivity index (χ1n) is 8.07. The minimum atomic E-state index is -0.273. The van der Waals surface area contributed by atoms with E-state index in [0.717, 1.165) is 23.4 Å². The number of carbonyl (C=O) groups is 1. The van der Waals surface area contributed by atoms with Crippen LogP contribution in [0.3, 0.4) is 0 Å². The van der Waals surface area contributed by atoms with Crippen LogP contribution < -0.4 is 10.2 Å². The Hall–Kier alpha value is -2.49. The maximum Gasteiger partial charge on any atom is 0.414 e. The van der Waals surface area contributed by atoms with Crippen LogP contribution in [0.1, 0.15) is 31.9 Å². The van der Waals surface area contributed by atoms with Crippen molar-refractivity contribution in [1.82, 2.24) is 0 Å². The fourth-order valence-corrected chi connectivity index (χ4v) is 3.16. The molecule has 4 nitrogen and oxygen atoms in total. The third kappa shape index (κ3) is 3.16. The molecule has 0 saturated carbocycles. The molecule has 1 heterocycles. The zero-order chi connectivity index (χ0) is 16.2. The Morgan fingerprint density at radius 1 is 1.17 bits per heavy atom. The van der Waals surface area contributed by atoms with Crippen LogP contribution >= 0.6 is 0 Å². The summed E-state index contributed by atoms with van der Waals surface area (Å²) < 4.78 is 5.23. The molecule has 2 atom stereocenters. The molecule has 1 aliphatic heterocycles. The zero-order valence-corrected chi connectivity index (χ0v) is 13.5. The van der Waals surface area contributed by atoms with Crippen molar-refractivity contribution in [3.63, 3.8) is 0 Å². The van der Waals surface area contributed by atoms with Gasteiger partial charge in [-0.1, -0.05) is 36.4 Å². The number of benzene rings is 2. The summed E-state index contributed by atoms with van der Waals surface area (Å²) >= 11 is 0. The van der Waals surface area contributed by atoms with E-state index in [4.69, 9.17) is 4.74 Å². The van der Waals surface area contributed by atoms with Gasteiger partial charge in [-0.3, -0.25) is 4.90 Å². The van der Waals surface area contributed by atoms with Crippen molar-refractivity contribution in [2.45, 2.75) is 32.4 Å². The van der Waals surface area contributed by atoms with Gasteiger partial charge in [-0.2, -0.15) is 0 Å². The lowest BCUT2D eigenvalue weighted by atomic mass is 9.92. The molecule has 0 radical (unpaired) electrons. The number of hydrogen-bond acceptors (Lipinski definition) is 3. The highest BCUT2D eigenvalue weighted by molar-refractivity contribution is 5.90. The Morgan fingerprint density at radius 3 is 2.61 bits per heavy atom. The summed E-state index contributed by atoms with van der Waals surface area (Å²) in [6.45, 7) is 4.28. The monoisotopic (exact) mass is 310 g/mol. The summed E-state index contributed by atoms with van der Waals surface area (Å²) in [5.74, 6) is 0. The lowest BCUT2D eigenvalue weighted by Gasteiger charge is -2.39. The minimum absolute atomic E-state index is 0.0742. The van der Waals surface area contributed by atoms with Crippen molar-refractivity contribution in [1.29, 1.82) is 0 Å². The lowest BCUT2D eigenvalue weighted by Crippen LogP contribution is -2.44. The van der Waals surface area contributed by atoms with E-state index < -0.39 is 0 Å². The van der Waals surface area contributed by atoms with Gasteiger partial charge in [0.1, 0.15) is 0 Å². The van der Waals surface area contributed by atoms with Gasteiger partial charge in [0.15, 0.2) is 0 Å². The molecule has 0 bridgehead atoms. The van der Waals surface area contributed by atoms with Crippen LogP contribution in [0.15, 0.2) is 54.6 Å². The van der Waals surface area contributed by atoms with Gasteiger partial charge in [0.05, 0.1) is 18.3 Å².